The molecule has 0 aliphatic carbocycles. The summed E-state index contributed by atoms with van der Waals surface area (Å²) in [6.45, 7) is 5.60. The lowest BCUT2D eigenvalue weighted by atomic mass is 10.1. The second-order valence-electron chi connectivity index (χ2n) is 3.55. The van der Waals surface area contributed by atoms with Crippen molar-refractivity contribution >= 4 is 11.6 Å². The van der Waals surface area contributed by atoms with Gasteiger partial charge in [-0.05, 0) is 12.3 Å². The molecule has 0 aromatic heterocycles. The van der Waals surface area contributed by atoms with Gasteiger partial charge in [-0.25, -0.2) is 4.39 Å². The number of hydrogen-bond donors (Lipinski definition) is 1. The fraction of sp³-hybridized carbons (Fsp3) is 0.800. The molecule has 1 unspecified atom stereocenters. The predicted octanol–water partition coefficient (Wildman–Crippen LogP) is 3.61. The average Bonchev–Trinajstić information content (AvgIpc) is 2.11. The molecular formula is C10H18ClFO. The van der Waals surface area contributed by atoms with Crippen LogP contribution in [0.2, 0.25) is 0 Å². The highest BCUT2D eigenvalue weighted by molar-refractivity contribution is 6.30. The Kier molecular flexibility index (Phi) is 6.35. The molecule has 0 amide bonds. The normalized spacial score (nSPS) is 15.9. The van der Waals surface area contributed by atoms with Gasteiger partial charge < -0.3 is 5.11 Å². The van der Waals surface area contributed by atoms with Gasteiger partial charge in [-0.3, -0.25) is 0 Å². The Labute approximate surface area is 84.6 Å². The molecule has 0 aromatic rings. The van der Waals surface area contributed by atoms with Gasteiger partial charge in [0.25, 0.3) is 0 Å². The first kappa shape index (κ1) is 12.9. The van der Waals surface area contributed by atoms with Crippen molar-refractivity contribution in [1.29, 1.82) is 0 Å². The van der Waals surface area contributed by atoms with E-state index in [1.54, 1.807) is 13.8 Å². The third kappa shape index (κ3) is 4.63. The second kappa shape index (κ2) is 6.39. The van der Waals surface area contributed by atoms with Gasteiger partial charge in [0.05, 0.1) is 11.1 Å². The second-order valence-corrected chi connectivity index (χ2v) is 3.95. The highest BCUT2D eigenvalue weighted by Crippen LogP contribution is 2.24. The zero-order valence-corrected chi connectivity index (χ0v) is 9.24. The quantitative estimate of drug-likeness (QED) is 0.732. The van der Waals surface area contributed by atoms with Crippen molar-refractivity contribution in [3.8, 4) is 0 Å². The van der Waals surface area contributed by atoms with Crippen LogP contribution in [0.1, 0.15) is 40.0 Å². The van der Waals surface area contributed by atoms with Gasteiger partial charge in [-0.2, -0.15) is 0 Å². The van der Waals surface area contributed by atoms with Crippen LogP contribution in [0.25, 0.3) is 0 Å². The highest BCUT2D eigenvalue weighted by atomic mass is 35.5. The van der Waals surface area contributed by atoms with Gasteiger partial charge in [0.1, 0.15) is 5.83 Å². The highest BCUT2D eigenvalue weighted by Gasteiger charge is 2.17. The van der Waals surface area contributed by atoms with Crippen LogP contribution in [0.3, 0.4) is 0 Å². The van der Waals surface area contributed by atoms with Crippen molar-refractivity contribution in [3.05, 3.63) is 10.9 Å². The zero-order chi connectivity index (χ0) is 10.4. The number of unbranched alkanes of at least 4 members (excludes halogenated alkanes) is 1. The Morgan fingerprint density at radius 1 is 1.46 bits per heavy atom. The van der Waals surface area contributed by atoms with Crippen LogP contribution in [-0.4, -0.2) is 11.2 Å². The van der Waals surface area contributed by atoms with Crippen molar-refractivity contribution in [2.24, 2.45) is 5.92 Å². The Bertz CT molecular complexity index is 178. The van der Waals surface area contributed by atoms with Gasteiger partial charge in [0.15, 0.2) is 0 Å². The first-order valence-corrected chi connectivity index (χ1v) is 5.10. The summed E-state index contributed by atoms with van der Waals surface area (Å²) < 4.78 is 13.2. The third-order valence-electron chi connectivity index (χ3n) is 1.90. The third-order valence-corrected chi connectivity index (χ3v) is 2.33. The van der Waals surface area contributed by atoms with Gasteiger partial charge in [0.2, 0.25) is 0 Å². The van der Waals surface area contributed by atoms with Crippen molar-refractivity contribution in [3.63, 3.8) is 0 Å². The number of aliphatic hydroxyl groups excluding tert-OH is 1. The maximum absolute atomic E-state index is 13.2. The van der Waals surface area contributed by atoms with Gasteiger partial charge in [-0.15, -0.1) is 0 Å². The maximum atomic E-state index is 13.2. The lowest BCUT2D eigenvalue weighted by Crippen LogP contribution is -2.15. The van der Waals surface area contributed by atoms with E-state index in [9.17, 15) is 9.50 Å². The number of halogens is 2. The van der Waals surface area contributed by atoms with Gasteiger partial charge in [-0.1, -0.05) is 38.8 Å². The van der Waals surface area contributed by atoms with E-state index in [4.69, 9.17) is 11.6 Å². The summed E-state index contributed by atoms with van der Waals surface area (Å²) in [6.07, 6.45) is 1.17. The van der Waals surface area contributed by atoms with Crippen molar-refractivity contribution in [2.75, 3.05) is 0 Å². The molecule has 0 aliphatic heterocycles. The van der Waals surface area contributed by atoms with Gasteiger partial charge in [0, 0.05) is 6.42 Å². The Morgan fingerprint density at radius 3 is 2.38 bits per heavy atom. The van der Waals surface area contributed by atoms with E-state index in [-0.39, 0.29) is 16.8 Å². The molecule has 0 radical (unpaired) electrons. The first-order chi connectivity index (χ1) is 6.00. The summed E-state index contributed by atoms with van der Waals surface area (Å²) in [5.41, 5.74) is 0. The van der Waals surface area contributed by atoms with Crippen molar-refractivity contribution in [2.45, 2.75) is 46.1 Å². The lowest BCUT2D eigenvalue weighted by Gasteiger charge is -2.14. The fourth-order valence-corrected chi connectivity index (χ4v) is 1.25. The molecule has 0 saturated carbocycles. The Hall–Kier alpha value is -0.0800. The molecular weight excluding hydrogens is 191 g/mol. The summed E-state index contributed by atoms with van der Waals surface area (Å²) in [4.78, 5) is 0. The predicted molar refractivity (Wildman–Crippen MR) is 54.4 cm³/mol. The Balaban J connectivity index is 4.24. The van der Waals surface area contributed by atoms with E-state index in [2.05, 4.69) is 0 Å². The standard InChI is InChI=1S/C10H18ClFO/c1-4-5-6-8(12)9(11)10(13)7(2)3/h7,10,13H,4-6H2,1-3H3/b9-8+. The average molecular weight is 209 g/mol. The molecule has 13 heavy (non-hydrogen) atoms. The summed E-state index contributed by atoms with van der Waals surface area (Å²) in [5.74, 6) is -0.412. The van der Waals surface area contributed by atoms with Crippen LogP contribution in [0, 0.1) is 5.92 Å². The van der Waals surface area contributed by atoms with Crippen LogP contribution in [0.4, 0.5) is 4.39 Å². The molecule has 0 aromatic carbocycles. The molecule has 1 nitrogen and oxygen atoms in total. The van der Waals surface area contributed by atoms with Crippen LogP contribution in [0.15, 0.2) is 10.9 Å². The van der Waals surface area contributed by atoms with Crippen molar-refractivity contribution < 1.29 is 9.50 Å². The van der Waals surface area contributed by atoms with Crippen LogP contribution in [-0.2, 0) is 0 Å². The van der Waals surface area contributed by atoms with E-state index in [1.807, 2.05) is 6.92 Å². The van der Waals surface area contributed by atoms with E-state index < -0.39 is 6.10 Å². The smallest absolute Gasteiger partial charge is 0.117 e. The molecule has 0 saturated heterocycles. The van der Waals surface area contributed by atoms with E-state index in [0.717, 1.165) is 12.8 Å². The zero-order valence-electron chi connectivity index (χ0n) is 8.48. The first-order valence-electron chi connectivity index (χ1n) is 4.72. The number of allylic oxidation sites excluding steroid dienone is 1. The minimum Gasteiger partial charge on any atom is -0.387 e. The summed E-state index contributed by atoms with van der Waals surface area (Å²) in [7, 11) is 0. The SMILES string of the molecule is CCCC/C(F)=C(\Cl)C(O)C(C)C. The molecule has 0 bridgehead atoms. The van der Waals surface area contributed by atoms with Crippen LogP contribution >= 0.6 is 11.6 Å². The molecule has 1 N–H and O–H groups in total. The van der Waals surface area contributed by atoms with E-state index in [1.165, 1.54) is 0 Å². The molecule has 0 spiro atoms. The maximum Gasteiger partial charge on any atom is 0.117 e. The van der Waals surface area contributed by atoms with Crippen molar-refractivity contribution in [1.82, 2.24) is 0 Å². The molecule has 1 atom stereocenters. The number of hydrogen-bond acceptors (Lipinski definition) is 1. The lowest BCUT2D eigenvalue weighted by molar-refractivity contribution is 0.164. The van der Waals surface area contributed by atoms with Gasteiger partial charge >= 0.3 is 0 Å². The fourth-order valence-electron chi connectivity index (χ4n) is 0.905. The summed E-state index contributed by atoms with van der Waals surface area (Å²) >= 11 is 5.67. The molecule has 0 aliphatic rings. The largest absolute Gasteiger partial charge is 0.387 e. The van der Waals surface area contributed by atoms with Crippen LogP contribution < -0.4 is 0 Å². The van der Waals surface area contributed by atoms with E-state index >= 15 is 0 Å². The number of aliphatic hydroxyl groups is 1. The summed E-state index contributed by atoms with van der Waals surface area (Å²) in [6, 6.07) is 0. The molecule has 3 heteroatoms. The molecule has 78 valence electrons. The summed E-state index contributed by atoms with van der Waals surface area (Å²) in [5, 5.41) is 9.41. The molecule has 0 fully saturated rings. The van der Waals surface area contributed by atoms with Crippen LogP contribution in [0.5, 0.6) is 0 Å². The monoisotopic (exact) mass is 208 g/mol. The minimum absolute atomic E-state index is 0.0246. The molecule has 0 heterocycles. The number of rotatable bonds is 5. The Morgan fingerprint density at radius 2 is 2.00 bits per heavy atom. The minimum atomic E-state index is -0.862. The van der Waals surface area contributed by atoms with E-state index in [0.29, 0.717) is 6.42 Å². The topological polar surface area (TPSA) is 20.2 Å². The molecule has 0 rings (SSSR count).